The fraction of sp³-hybridized carbons (Fsp3) is 0.333. The Morgan fingerprint density at radius 2 is 1.37 bits per heavy atom. The number of rotatable bonds is 11. The maximum absolute atomic E-state index is 9.15. The Hall–Kier alpha value is -3.34. The van der Waals surface area contributed by atoms with Crippen molar-refractivity contribution in [1.29, 1.82) is 0 Å². The van der Waals surface area contributed by atoms with Gasteiger partial charge in [-0.2, -0.15) is 0 Å². The Balaban J connectivity index is 1.45. The highest BCUT2D eigenvalue weighted by Crippen LogP contribution is 2.42. The molecule has 1 aliphatic rings. The lowest BCUT2D eigenvalue weighted by molar-refractivity contribution is 0.0702. The van der Waals surface area contributed by atoms with Gasteiger partial charge in [0.1, 0.15) is 11.4 Å². The number of aromatic nitrogens is 4. The van der Waals surface area contributed by atoms with Crippen LogP contribution >= 0.6 is 23.2 Å². The van der Waals surface area contributed by atoms with Crippen LogP contribution in [0.25, 0.3) is 33.6 Å². The molecule has 2 aromatic carbocycles. The number of halogens is 2. The molecule has 0 saturated carbocycles. The van der Waals surface area contributed by atoms with Crippen molar-refractivity contribution in [2.45, 2.75) is 19.5 Å². The molecule has 214 valence electrons. The van der Waals surface area contributed by atoms with Crippen LogP contribution in [0.5, 0.6) is 11.8 Å². The summed E-state index contributed by atoms with van der Waals surface area (Å²) < 4.78 is 11.1. The first-order valence-corrected chi connectivity index (χ1v) is 14.1. The predicted octanol–water partition coefficient (Wildman–Crippen LogP) is 5.13. The number of likely N-dealkylation sites (tertiary alicyclic amines) is 1. The molecule has 1 aliphatic heterocycles. The standard InChI is InChI=1S/C30H32Cl2N6O3/c1-33-12-25-29(40-2)36-23(13-34-25)21-8-4-6-19(27(21)31)20-7-5-9-22(28(20)32)24-14-35-26(30(37-24)41-3)17-38-15-18(16-38)10-11-39/h4-9,13-14,18,33,39H,10-12,15-17H2,1-3H3. The Bertz CT molecular complexity index is 1530. The van der Waals surface area contributed by atoms with Crippen molar-refractivity contribution < 1.29 is 14.6 Å². The van der Waals surface area contributed by atoms with Crippen LogP contribution in [0.1, 0.15) is 17.8 Å². The zero-order valence-corrected chi connectivity index (χ0v) is 24.7. The number of nitrogens with one attached hydrogen (secondary N) is 1. The Morgan fingerprint density at radius 1 is 0.854 bits per heavy atom. The predicted molar refractivity (Wildman–Crippen MR) is 160 cm³/mol. The van der Waals surface area contributed by atoms with Crippen molar-refractivity contribution in [3.63, 3.8) is 0 Å². The van der Waals surface area contributed by atoms with Gasteiger partial charge in [-0.1, -0.05) is 59.6 Å². The molecule has 1 fully saturated rings. The maximum atomic E-state index is 9.15. The minimum Gasteiger partial charge on any atom is -0.480 e. The molecule has 5 rings (SSSR count). The van der Waals surface area contributed by atoms with Crippen LogP contribution in [0.4, 0.5) is 0 Å². The average Bonchev–Trinajstić information content (AvgIpc) is 2.97. The molecule has 0 unspecified atom stereocenters. The van der Waals surface area contributed by atoms with E-state index in [0.29, 0.717) is 69.0 Å². The minimum atomic E-state index is 0.221. The topological polar surface area (TPSA) is 106 Å². The van der Waals surface area contributed by atoms with Gasteiger partial charge in [0.05, 0.1) is 48.0 Å². The van der Waals surface area contributed by atoms with Gasteiger partial charge in [-0.25, -0.2) is 9.97 Å². The molecule has 0 spiro atoms. The van der Waals surface area contributed by atoms with Crippen LogP contribution in [0.2, 0.25) is 10.0 Å². The third kappa shape index (κ3) is 6.14. The molecule has 1 saturated heterocycles. The second-order valence-corrected chi connectivity index (χ2v) is 10.6. The molecule has 2 aromatic heterocycles. The van der Waals surface area contributed by atoms with E-state index in [1.165, 1.54) is 0 Å². The van der Waals surface area contributed by atoms with Crippen molar-refractivity contribution in [3.05, 3.63) is 70.2 Å². The van der Waals surface area contributed by atoms with E-state index in [9.17, 15) is 0 Å². The number of hydrogen-bond donors (Lipinski definition) is 2. The zero-order chi connectivity index (χ0) is 28.9. The van der Waals surface area contributed by atoms with Crippen molar-refractivity contribution in [3.8, 4) is 45.4 Å². The number of methoxy groups -OCH3 is 2. The monoisotopic (exact) mass is 594 g/mol. The number of ether oxygens (including phenoxy) is 2. The summed E-state index contributed by atoms with van der Waals surface area (Å²) in [5, 5.41) is 13.2. The van der Waals surface area contributed by atoms with Gasteiger partial charge in [0.2, 0.25) is 11.8 Å². The second-order valence-electron chi connectivity index (χ2n) is 9.86. The third-order valence-corrected chi connectivity index (χ3v) is 7.95. The molecule has 9 nitrogen and oxygen atoms in total. The number of aliphatic hydroxyl groups excluding tert-OH is 1. The number of hydrogen-bond acceptors (Lipinski definition) is 9. The highest BCUT2D eigenvalue weighted by Gasteiger charge is 2.27. The summed E-state index contributed by atoms with van der Waals surface area (Å²) in [6, 6.07) is 11.5. The van der Waals surface area contributed by atoms with Crippen molar-refractivity contribution in [2.75, 3.05) is 41.0 Å². The number of aliphatic hydroxyl groups is 1. The van der Waals surface area contributed by atoms with Gasteiger partial charge in [-0.15, -0.1) is 0 Å². The zero-order valence-electron chi connectivity index (χ0n) is 23.2. The molecule has 11 heteroatoms. The summed E-state index contributed by atoms with van der Waals surface area (Å²) in [6.07, 6.45) is 4.24. The van der Waals surface area contributed by atoms with Crippen molar-refractivity contribution >= 4 is 23.2 Å². The van der Waals surface area contributed by atoms with Gasteiger partial charge in [0, 0.05) is 55.0 Å². The molecule has 4 aromatic rings. The molecule has 3 heterocycles. The van der Waals surface area contributed by atoms with E-state index in [1.807, 2.05) is 43.4 Å². The van der Waals surface area contributed by atoms with Gasteiger partial charge in [0.15, 0.2) is 0 Å². The lowest BCUT2D eigenvalue weighted by Gasteiger charge is -2.38. The van der Waals surface area contributed by atoms with Crippen LogP contribution in [-0.2, 0) is 13.1 Å². The van der Waals surface area contributed by atoms with Crippen LogP contribution in [-0.4, -0.2) is 70.9 Å². The lowest BCUT2D eigenvalue weighted by atomic mass is 9.96. The number of benzene rings is 2. The summed E-state index contributed by atoms with van der Waals surface area (Å²) in [6.45, 7) is 3.25. The van der Waals surface area contributed by atoms with Crippen LogP contribution in [0, 0.1) is 5.92 Å². The van der Waals surface area contributed by atoms with Gasteiger partial charge < -0.3 is 19.9 Å². The van der Waals surface area contributed by atoms with Crippen LogP contribution in [0.3, 0.4) is 0 Å². The van der Waals surface area contributed by atoms with E-state index in [-0.39, 0.29) is 6.61 Å². The molecule has 0 radical (unpaired) electrons. The molecular weight excluding hydrogens is 563 g/mol. The van der Waals surface area contributed by atoms with Gasteiger partial charge in [-0.3, -0.25) is 14.9 Å². The first kappa shape index (κ1) is 29.2. The Morgan fingerprint density at radius 3 is 1.88 bits per heavy atom. The van der Waals surface area contributed by atoms with Gasteiger partial charge in [-0.05, 0) is 19.4 Å². The molecule has 0 bridgehead atoms. The summed E-state index contributed by atoms with van der Waals surface area (Å²) in [7, 11) is 5.00. The van der Waals surface area contributed by atoms with Crippen molar-refractivity contribution in [2.24, 2.45) is 5.92 Å². The second kappa shape index (κ2) is 13.1. The van der Waals surface area contributed by atoms with E-state index in [4.69, 9.17) is 42.8 Å². The van der Waals surface area contributed by atoms with E-state index in [2.05, 4.69) is 25.2 Å². The molecular formula is C30H32Cl2N6O3. The lowest BCUT2D eigenvalue weighted by Crippen LogP contribution is -2.46. The molecule has 41 heavy (non-hydrogen) atoms. The molecule has 0 atom stereocenters. The SMILES string of the molecule is CNCc1ncc(-c2cccc(-c3cccc(-c4cnc(CN5CC(CCO)C5)c(OC)n4)c3Cl)c2Cl)nc1OC. The first-order valence-electron chi connectivity index (χ1n) is 13.3. The third-order valence-electron chi connectivity index (χ3n) is 7.14. The van der Waals surface area contributed by atoms with E-state index in [1.54, 1.807) is 26.6 Å². The van der Waals surface area contributed by atoms with E-state index >= 15 is 0 Å². The van der Waals surface area contributed by atoms with E-state index in [0.717, 1.165) is 36.3 Å². The summed E-state index contributed by atoms with van der Waals surface area (Å²) in [5.41, 5.74) is 5.60. The molecule has 2 N–H and O–H groups in total. The number of nitrogens with zero attached hydrogens (tertiary/aromatic N) is 5. The summed E-state index contributed by atoms with van der Waals surface area (Å²) in [4.78, 5) is 20.9. The first-order chi connectivity index (χ1) is 20.0. The highest BCUT2D eigenvalue weighted by molar-refractivity contribution is 6.39. The summed E-state index contributed by atoms with van der Waals surface area (Å²) in [5.74, 6) is 1.43. The molecule has 0 amide bonds. The summed E-state index contributed by atoms with van der Waals surface area (Å²) >= 11 is 14.0. The van der Waals surface area contributed by atoms with Gasteiger partial charge in [0.25, 0.3) is 0 Å². The minimum absolute atomic E-state index is 0.221. The quantitative estimate of drug-likeness (QED) is 0.244. The maximum Gasteiger partial charge on any atom is 0.237 e. The average molecular weight is 596 g/mol. The van der Waals surface area contributed by atoms with Crippen LogP contribution < -0.4 is 14.8 Å². The normalized spacial score (nSPS) is 13.7. The largest absolute Gasteiger partial charge is 0.480 e. The van der Waals surface area contributed by atoms with Crippen molar-refractivity contribution in [1.82, 2.24) is 30.2 Å². The fourth-order valence-corrected chi connectivity index (χ4v) is 5.69. The van der Waals surface area contributed by atoms with Crippen LogP contribution in [0.15, 0.2) is 48.8 Å². The van der Waals surface area contributed by atoms with Gasteiger partial charge >= 0.3 is 0 Å². The van der Waals surface area contributed by atoms with E-state index < -0.39 is 0 Å². The smallest absolute Gasteiger partial charge is 0.237 e. The Labute approximate surface area is 249 Å². The fourth-order valence-electron chi connectivity index (χ4n) is 5.04. The Kier molecular flexibility index (Phi) is 9.32. The molecule has 0 aliphatic carbocycles. The highest BCUT2D eigenvalue weighted by atomic mass is 35.5.